The van der Waals surface area contributed by atoms with E-state index in [0.717, 1.165) is 44.2 Å². The predicted molar refractivity (Wildman–Crippen MR) is 135 cm³/mol. The van der Waals surface area contributed by atoms with Crippen molar-refractivity contribution < 1.29 is 14.7 Å². The van der Waals surface area contributed by atoms with Crippen molar-refractivity contribution >= 4 is 17.4 Å². The number of benzene rings is 1. The Balaban J connectivity index is 1.36. The number of pyridine rings is 1. The van der Waals surface area contributed by atoms with Crippen LogP contribution in [-0.4, -0.2) is 27.9 Å². The summed E-state index contributed by atoms with van der Waals surface area (Å²) in [5, 5.41) is 14.0. The van der Waals surface area contributed by atoms with Crippen molar-refractivity contribution in [3.8, 4) is 0 Å². The van der Waals surface area contributed by atoms with Crippen molar-refractivity contribution in [2.24, 2.45) is 17.3 Å². The van der Waals surface area contributed by atoms with Gasteiger partial charge in [0, 0.05) is 36.0 Å². The highest BCUT2D eigenvalue weighted by molar-refractivity contribution is 6.04. The molecule has 0 bridgehead atoms. The summed E-state index contributed by atoms with van der Waals surface area (Å²) in [6.45, 7) is 2.29. The molecule has 2 fully saturated rings. The van der Waals surface area contributed by atoms with E-state index in [2.05, 4.69) is 29.4 Å². The molecule has 0 radical (unpaired) electrons. The molecule has 0 saturated heterocycles. The topological polar surface area (TPSA) is 79.3 Å². The van der Waals surface area contributed by atoms with Crippen LogP contribution in [-0.2, 0) is 4.79 Å². The monoisotopic (exact) mass is 468 g/mol. The molecule has 2 aromatic rings. The number of carbonyl (C=O) groups excluding carboxylic acids is 2. The number of hydrogen-bond acceptors (Lipinski definition) is 4. The Morgan fingerprint density at radius 1 is 1.03 bits per heavy atom. The Morgan fingerprint density at radius 2 is 1.80 bits per heavy atom. The van der Waals surface area contributed by atoms with Gasteiger partial charge in [0.2, 0.25) is 0 Å². The number of nitrogens with zero attached hydrogens (tertiary/aromatic N) is 1. The molecule has 35 heavy (non-hydrogen) atoms. The zero-order valence-electron chi connectivity index (χ0n) is 20.2. The first-order valence-electron chi connectivity index (χ1n) is 12.9. The van der Waals surface area contributed by atoms with Crippen LogP contribution in [0.15, 0.2) is 71.6 Å². The summed E-state index contributed by atoms with van der Waals surface area (Å²) in [6, 6.07) is 11.6. The third-order valence-electron chi connectivity index (χ3n) is 9.19. The minimum Gasteiger partial charge on any atom is -0.393 e. The van der Waals surface area contributed by atoms with Crippen LogP contribution in [0.3, 0.4) is 0 Å². The van der Waals surface area contributed by atoms with Gasteiger partial charge in [-0.15, -0.1) is 0 Å². The number of nitrogens with one attached hydrogen (secondary N) is 1. The van der Waals surface area contributed by atoms with Crippen molar-refractivity contribution in [1.29, 1.82) is 0 Å². The van der Waals surface area contributed by atoms with Gasteiger partial charge < -0.3 is 10.4 Å². The lowest BCUT2D eigenvalue weighted by molar-refractivity contribution is -0.114. The Bertz CT molecular complexity index is 1230. The van der Waals surface area contributed by atoms with Gasteiger partial charge in [-0.05, 0) is 103 Å². The van der Waals surface area contributed by atoms with Gasteiger partial charge in [0.25, 0.3) is 5.91 Å². The molecule has 5 unspecified atom stereocenters. The fraction of sp³-hybridized carbons (Fsp3) is 0.433. The lowest BCUT2D eigenvalue weighted by atomic mass is 9.53. The van der Waals surface area contributed by atoms with Crippen LogP contribution in [0.2, 0.25) is 0 Å². The Morgan fingerprint density at radius 3 is 2.57 bits per heavy atom. The van der Waals surface area contributed by atoms with Gasteiger partial charge in [0.1, 0.15) is 0 Å². The summed E-state index contributed by atoms with van der Waals surface area (Å²) in [4.78, 5) is 28.9. The molecule has 0 aliphatic heterocycles. The number of aliphatic hydroxyl groups is 1. The second-order valence-electron chi connectivity index (χ2n) is 11.0. The molecule has 1 aromatic carbocycles. The third kappa shape index (κ3) is 3.77. The maximum Gasteiger partial charge on any atom is 0.255 e. The largest absolute Gasteiger partial charge is 0.393 e. The summed E-state index contributed by atoms with van der Waals surface area (Å²) < 4.78 is 0. The first kappa shape index (κ1) is 22.4. The van der Waals surface area contributed by atoms with E-state index >= 15 is 0 Å². The van der Waals surface area contributed by atoms with Gasteiger partial charge in [-0.25, -0.2) is 0 Å². The normalized spacial score (nSPS) is 31.8. The molecule has 0 spiro atoms. The fourth-order valence-corrected chi connectivity index (χ4v) is 7.44. The summed E-state index contributed by atoms with van der Waals surface area (Å²) in [7, 11) is 0. The first-order chi connectivity index (χ1) is 16.9. The average molecular weight is 469 g/mol. The van der Waals surface area contributed by atoms with Crippen molar-refractivity contribution in [3.63, 3.8) is 0 Å². The van der Waals surface area contributed by atoms with Crippen molar-refractivity contribution in [1.82, 2.24) is 4.98 Å². The summed E-state index contributed by atoms with van der Waals surface area (Å²) in [5.74, 6) is 1.28. The standard InChI is InChI=1S/C30H32N2O3/c1-30-17-25(18-2-4-19(5-3-18)29(35)32-21-12-14-31-15-13-21)28-23-9-7-22(33)16-20(23)6-8-24(28)26(30)10-11-27(30)34/h2-5,12-16,24-27,34H,6-11,17H2,1H3,(H,31,32,35). The molecule has 5 nitrogen and oxygen atoms in total. The van der Waals surface area contributed by atoms with Gasteiger partial charge >= 0.3 is 0 Å². The van der Waals surface area contributed by atoms with E-state index in [1.807, 2.05) is 18.2 Å². The van der Waals surface area contributed by atoms with Crippen LogP contribution < -0.4 is 5.32 Å². The zero-order valence-corrected chi connectivity index (χ0v) is 20.2. The number of amides is 1. The number of aromatic nitrogens is 1. The van der Waals surface area contributed by atoms with Gasteiger partial charge in [-0.2, -0.15) is 0 Å². The number of anilines is 1. The molecule has 5 heteroatoms. The molecule has 5 atom stereocenters. The summed E-state index contributed by atoms with van der Waals surface area (Å²) >= 11 is 0. The maximum absolute atomic E-state index is 12.8. The van der Waals surface area contributed by atoms with E-state index in [4.69, 9.17) is 0 Å². The molecule has 1 heterocycles. The number of fused-ring (bicyclic) bond motifs is 4. The molecular weight excluding hydrogens is 436 g/mol. The van der Waals surface area contributed by atoms with Crippen LogP contribution in [0.25, 0.3) is 0 Å². The lowest BCUT2D eigenvalue weighted by Crippen LogP contribution is -2.45. The van der Waals surface area contributed by atoms with E-state index in [-0.39, 0.29) is 29.1 Å². The van der Waals surface area contributed by atoms with Crippen LogP contribution >= 0.6 is 0 Å². The molecule has 2 saturated carbocycles. The zero-order chi connectivity index (χ0) is 24.2. The van der Waals surface area contributed by atoms with Crippen LogP contribution in [0.4, 0.5) is 5.69 Å². The molecule has 6 rings (SSSR count). The highest BCUT2D eigenvalue weighted by atomic mass is 16.3. The van der Waals surface area contributed by atoms with Crippen LogP contribution in [0, 0.1) is 17.3 Å². The Kier molecular flexibility index (Phi) is 5.48. The van der Waals surface area contributed by atoms with Gasteiger partial charge in [-0.1, -0.05) is 24.6 Å². The van der Waals surface area contributed by atoms with E-state index in [1.54, 1.807) is 24.5 Å². The van der Waals surface area contributed by atoms with Gasteiger partial charge in [-0.3, -0.25) is 14.6 Å². The summed E-state index contributed by atoms with van der Waals surface area (Å²) in [6.07, 6.45) is 11.3. The highest BCUT2D eigenvalue weighted by Gasteiger charge is 2.56. The third-order valence-corrected chi connectivity index (χ3v) is 9.19. The van der Waals surface area contributed by atoms with Crippen LogP contribution in [0.1, 0.15) is 73.7 Å². The molecule has 4 aliphatic rings. The number of ketones is 1. The Labute approximate surface area is 206 Å². The minimum absolute atomic E-state index is 0.0948. The van der Waals surface area contributed by atoms with Crippen molar-refractivity contribution in [3.05, 3.63) is 82.7 Å². The number of carbonyl (C=O) groups is 2. The molecule has 4 aliphatic carbocycles. The van der Waals surface area contributed by atoms with E-state index < -0.39 is 0 Å². The molecule has 2 N–H and O–H groups in total. The quantitative estimate of drug-likeness (QED) is 0.615. The van der Waals surface area contributed by atoms with Crippen molar-refractivity contribution in [2.45, 2.75) is 63.9 Å². The van der Waals surface area contributed by atoms with Gasteiger partial charge in [0.15, 0.2) is 5.78 Å². The molecule has 1 amide bonds. The number of allylic oxidation sites excluding steroid dienone is 4. The van der Waals surface area contributed by atoms with E-state index in [1.165, 1.54) is 22.3 Å². The van der Waals surface area contributed by atoms with Crippen LogP contribution in [0.5, 0.6) is 0 Å². The first-order valence-corrected chi connectivity index (χ1v) is 12.9. The number of hydrogen-bond donors (Lipinski definition) is 2. The Hall–Kier alpha value is -3.05. The SMILES string of the molecule is CC12CC(c3ccc(C(=O)Nc4ccncc4)cc3)C3=C4CCC(=O)C=C4CCC3C1CCC2O. The predicted octanol–water partition coefficient (Wildman–Crippen LogP) is 5.59. The number of aliphatic hydroxyl groups excluding tert-OH is 1. The van der Waals surface area contributed by atoms with E-state index in [0.29, 0.717) is 23.8 Å². The molecule has 1 aromatic heterocycles. The average Bonchev–Trinajstić information content (AvgIpc) is 3.18. The minimum atomic E-state index is -0.267. The smallest absolute Gasteiger partial charge is 0.255 e. The maximum atomic E-state index is 12.8. The fourth-order valence-electron chi connectivity index (χ4n) is 7.44. The second kappa shape index (κ2) is 8.56. The van der Waals surface area contributed by atoms with E-state index in [9.17, 15) is 14.7 Å². The molecular formula is C30H32N2O3. The van der Waals surface area contributed by atoms with Gasteiger partial charge in [0.05, 0.1) is 6.10 Å². The molecule has 180 valence electrons. The highest BCUT2D eigenvalue weighted by Crippen LogP contribution is 2.63. The lowest BCUT2D eigenvalue weighted by Gasteiger charge is -2.52. The number of rotatable bonds is 3. The summed E-state index contributed by atoms with van der Waals surface area (Å²) in [5.41, 5.74) is 6.62. The second-order valence-corrected chi connectivity index (χ2v) is 11.0. The van der Waals surface area contributed by atoms with Crippen molar-refractivity contribution in [2.75, 3.05) is 5.32 Å².